The van der Waals surface area contributed by atoms with Crippen LogP contribution in [0.3, 0.4) is 0 Å². The van der Waals surface area contributed by atoms with E-state index in [4.69, 9.17) is 4.74 Å². The third kappa shape index (κ3) is 4.24. The van der Waals surface area contributed by atoms with Crippen molar-refractivity contribution >= 4 is 5.91 Å². The molecule has 1 aliphatic heterocycles. The first-order valence-corrected chi connectivity index (χ1v) is 6.75. The number of rotatable bonds is 5. The number of amides is 1. The van der Waals surface area contributed by atoms with E-state index in [-0.39, 0.29) is 5.91 Å². The zero-order valence-corrected chi connectivity index (χ0v) is 11.7. The van der Waals surface area contributed by atoms with Crippen molar-refractivity contribution in [1.82, 2.24) is 10.2 Å². The summed E-state index contributed by atoms with van der Waals surface area (Å²) in [5.41, 5.74) is 0.986. The summed E-state index contributed by atoms with van der Waals surface area (Å²) in [6.07, 6.45) is 1.59. The van der Waals surface area contributed by atoms with Crippen molar-refractivity contribution < 1.29 is 9.53 Å². The van der Waals surface area contributed by atoms with Crippen LogP contribution in [0.25, 0.3) is 0 Å². The van der Waals surface area contributed by atoms with Crippen LogP contribution in [0.1, 0.15) is 12.0 Å². The molecule has 4 heteroatoms. The molecule has 0 saturated carbocycles. The van der Waals surface area contributed by atoms with Crippen LogP contribution >= 0.6 is 0 Å². The molecule has 19 heavy (non-hydrogen) atoms. The molecule has 0 spiro atoms. The van der Waals surface area contributed by atoms with Gasteiger partial charge in [0.2, 0.25) is 5.91 Å². The van der Waals surface area contributed by atoms with E-state index in [0.717, 1.165) is 30.9 Å². The molecule has 1 unspecified atom stereocenters. The monoisotopic (exact) mass is 262 g/mol. The van der Waals surface area contributed by atoms with E-state index in [9.17, 15) is 4.79 Å². The molecule has 104 valence electrons. The fourth-order valence-corrected chi connectivity index (χ4v) is 2.48. The number of benzene rings is 1. The van der Waals surface area contributed by atoms with Gasteiger partial charge in [0.15, 0.2) is 0 Å². The first-order valence-electron chi connectivity index (χ1n) is 6.75. The van der Waals surface area contributed by atoms with E-state index in [1.54, 1.807) is 7.11 Å². The van der Waals surface area contributed by atoms with Gasteiger partial charge in [0.1, 0.15) is 5.75 Å². The zero-order chi connectivity index (χ0) is 13.7. The lowest BCUT2D eigenvalue weighted by molar-refractivity contribution is -0.120. The lowest BCUT2D eigenvalue weighted by Gasteiger charge is -2.12. The highest BCUT2D eigenvalue weighted by atomic mass is 16.5. The Labute approximate surface area is 114 Å². The van der Waals surface area contributed by atoms with Crippen molar-refractivity contribution in [2.24, 2.45) is 5.92 Å². The Morgan fingerprint density at radius 2 is 2.37 bits per heavy atom. The van der Waals surface area contributed by atoms with Gasteiger partial charge in [0.25, 0.3) is 0 Å². The average molecular weight is 262 g/mol. The fraction of sp³-hybridized carbons (Fsp3) is 0.533. The van der Waals surface area contributed by atoms with Crippen molar-refractivity contribution in [3.63, 3.8) is 0 Å². The summed E-state index contributed by atoms with van der Waals surface area (Å²) >= 11 is 0. The third-order valence-electron chi connectivity index (χ3n) is 3.58. The summed E-state index contributed by atoms with van der Waals surface area (Å²) in [5.74, 6) is 1.48. The molecule has 1 fully saturated rings. The number of ether oxygens (including phenoxy) is 1. The molecule has 1 aromatic carbocycles. The van der Waals surface area contributed by atoms with Gasteiger partial charge in [-0.15, -0.1) is 0 Å². The Balaban J connectivity index is 1.77. The summed E-state index contributed by atoms with van der Waals surface area (Å²) in [4.78, 5) is 14.2. The molecule has 1 aromatic rings. The van der Waals surface area contributed by atoms with Gasteiger partial charge in [-0.05, 0) is 43.6 Å². The number of carbonyl (C=O) groups excluding carboxylic acids is 1. The van der Waals surface area contributed by atoms with Gasteiger partial charge in [-0.1, -0.05) is 12.1 Å². The number of likely N-dealkylation sites (tertiary alicyclic amines) is 1. The van der Waals surface area contributed by atoms with Crippen LogP contribution in [0.15, 0.2) is 24.3 Å². The Bertz CT molecular complexity index is 434. The Morgan fingerprint density at radius 3 is 3.05 bits per heavy atom. The lowest BCUT2D eigenvalue weighted by atomic mass is 10.1. The maximum Gasteiger partial charge on any atom is 0.224 e. The SMILES string of the molecule is COc1cccc(CC(=O)NCC2CCN(C)C2)c1. The first kappa shape index (κ1) is 13.9. The Kier molecular flexibility index (Phi) is 4.80. The van der Waals surface area contributed by atoms with Gasteiger partial charge in [0, 0.05) is 13.1 Å². The summed E-state index contributed by atoms with van der Waals surface area (Å²) < 4.78 is 5.15. The van der Waals surface area contributed by atoms with Crippen molar-refractivity contribution in [3.8, 4) is 5.75 Å². The fourth-order valence-electron chi connectivity index (χ4n) is 2.48. The van der Waals surface area contributed by atoms with Gasteiger partial charge in [-0.3, -0.25) is 4.79 Å². The molecule has 0 radical (unpaired) electrons. The molecule has 1 amide bonds. The van der Waals surface area contributed by atoms with Crippen molar-refractivity contribution in [1.29, 1.82) is 0 Å². The second-order valence-electron chi connectivity index (χ2n) is 5.25. The highest BCUT2D eigenvalue weighted by Crippen LogP contribution is 2.14. The highest BCUT2D eigenvalue weighted by Gasteiger charge is 2.19. The average Bonchev–Trinajstić information content (AvgIpc) is 2.82. The second-order valence-corrected chi connectivity index (χ2v) is 5.25. The quantitative estimate of drug-likeness (QED) is 0.870. The van der Waals surface area contributed by atoms with E-state index in [1.807, 2.05) is 24.3 Å². The van der Waals surface area contributed by atoms with Gasteiger partial charge >= 0.3 is 0 Å². The van der Waals surface area contributed by atoms with Crippen molar-refractivity contribution in [2.75, 3.05) is 33.8 Å². The van der Waals surface area contributed by atoms with Gasteiger partial charge < -0.3 is 15.0 Å². The highest BCUT2D eigenvalue weighted by molar-refractivity contribution is 5.78. The Hall–Kier alpha value is -1.55. The molecule has 2 rings (SSSR count). The number of hydrogen-bond acceptors (Lipinski definition) is 3. The molecule has 1 atom stereocenters. The van der Waals surface area contributed by atoms with Crippen LogP contribution in [-0.4, -0.2) is 44.6 Å². The smallest absolute Gasteiger partial charge is 0.224 e. The molecule has 1 aliphatic rings. The van der Waals surface area contributed by atoms with Crippen LogP contribution in [0.4, 0.5) is 0 Å². The molecular weight excluding hydrogens is 240 g/mol. The summed E-state index contributed by atoms with van der Waals surface area (Å²) in [7, 11) is 3.76. The predicted molar refractivity (Wildman–Crippen MR) is 75.3 cm³/mol. The molecule has 0 bridgehead atoms. The maximum absolute atomic E-state index is 11.9. The van der Waals surface area contributed by atoms with E-state index in [0.29, 0.717) is 12.3 Å². The van der Waals surface area contributed by atoms with Crippen LogP contribution < -0.4 is 10.1 Å². The van der Waals surface area contributed by atoms with Crippen molar-refractivity contribution in [3.05, 3.63) is 29.8 Å². The Morgan fingerprint density at radius 1 is 1.53 bits per heavy atom. The van der Waals surface area contributed by atoms with Crippen LogP contribution in [0.5, 0.6) is 5.75 Å². The summed E-state index contributed by atoms with van der Waals surface area (Å²) in [6, 6.07) is 7.65. The van der Waals surface area contributed by atoms with Crippen LogP contribution in [-0.2, 0) is 11.2 Å². The van der Waals surface area contributed by atoms with Gasteiger partial charge in [0.05, 0.1) is 13.5 Å². The normalized spacial score (nSPS) is 19.4. The molecular formula is C15H22N2O2. The number of nitrogens with one attached hydrogen (secondary N) is 1. The van der Waals surface area contributed by atoms with E-state index in [1.165, 1.54) is 6.42 Å². The summed E-state index contributed by atoms with van der Waals surface area (Å²) in [5, 5.41) is 3.02. The number of carbonyl (C=O) groups is 1. The van der Waals surface area contributed by atoms with Crippen molar-refractivity contribution in [2.45, 2.75) is 12.8 Å². The zero-order valence-electron chi connectivity index (χ0n) is 11.7. The minimum atomic E-state index is 0.0859. The molecule has 0 aliphatic carbocycles. The third-order valence-corrected chi connectivity index (χ3v) is 3.58. The summed E-state index contributed by atoms with van der Waals surface area (Å²) in [6.45, 7) is 3.00. The minimum absolute atomic E-state index is 0.0859. The van der Waals surface area contributed by atoms with Crippen LogP contribution in [0, 0.1) is 5.92 Å². The van der Waals surface area contributed by atoms with Gasteiger partial charge in [-0.25, -0.2) is 0 Å². The lowest BCUT2D eigenvalue weighted by Crippen LogP contribution is -2.31. The van der Waals surface area contributed by atoms with Gasteiger partial charge in [-0.2, -0.15) is 0 Å². The van der Waals surface area contributed by atoms with Crippen LogP contribution in [0.2, 0.25) is 0 Å². The van der Waals surface area contributed by atoms with E-state index < -0.39 is 0 Å². The van der Waals surface area contributed by atoms with E-state index >= 15 is 0 Å². The molecule has 1 heterocycles. The minimum Gasteiger partial charge on any atom is -0.497 e. The van der Waals surface area contributed by atoms with E-state index in [2.05, 4.69) is 17.3 Å². The molecule has 1 saturated heterocycles. The number of nitrogens with zero attached hydrogens (tertiary/aromatic N) is 1. The molecule has 4 nitrogen and oxygen atoms in total. The number of methoxy groups -OCH3 is 1. The standard InChI is InChI=1S/C15H22N2O2/c1-17-7-6-13(11-17)10-16-15(18)9-12-4-3-5-14(8-12)19-2/h3-5,8,13H,6-7,9-11H2,1-2H3,(H,16,18). The first-order chi connectivity index (χ1) is 9.17. The second kappa shape index (κ2) is 6.57. The maximum atomic E-state index is 11.9. The molecule has 0 aromatic heterocycles. The topological polar surface area (TPSA) is 41.6 Å². The molecule has 1 N–H and O–H groups in total. The predicted octanol–water partition coefficient (Wildman–Crippen LogP) is 1.31. The number of hydrogen-bond donors (Lipinski definition) is 1. The largest absolute Gasteiger partial charge is 0.497 e.